The van der Waals surface area contributed by atoms with Crippen molar-refractivity contribution < 1.29 is 8.76 Å². The monoisotopic (exact) mass is 214 g/mol. The van der Waals surface area contributed by atoms with Crippen LogP contribution in [0.5, 0.6) is 0 Å². The highest BCUT2D eigenvalue weighted by Crippen LogP contribution is 2.09. The number of hydrogen-bond acceptors (Lipinski definition) is 2. The Morgan fingerprint density at radius 2 is 2.21 bits per heavy atom. The van der Waals surface area contributed by atoms with Crippen LogP contribution in [-0.2, 0) is 11.3 Å². The van der Waals surface area contributed by atoms with Crippen LogP contribution in [0.4, 0.5) is 0 Å². The SMILES string of the molecule is C=C/C=C\C(=C/CC)N(CC)S(=O)[O-]. The molecule has 14 heavy (non-hydrogen) atoms. The van der Waals surface area contributed by atoms with Gasteiger partial charge in [-0.1, -0.05) is 31.7 Å². The fourth-order valence-electron chi connectivity index (χ4n) is 1.00. The molecular formula is C10H16NO2S-. The van der Waals surface area contributed by atoms with E-state index in [9.17, 15) is 8.76 Å². The summed E-state index contributed by atoms with van der Waals surface area (Å²) in [7, 11) is 0. The Morgan fingerprint density at radius 1 is 1.57 bits per heavy atom. The van der Waals surface area contributed by atoms with Crippen LogP contribution in [0.15, 0.2) is 36.6 Å². The fourth-order valence-corrected chi connectivity index (χ4v) is 1.52. The summed E-state index contributed by atoms with van der Waals surface area (Å²) in [4.78, 5) is 0. The maximum absolute atomic E-state index is 10.8. The lowest BCUT2D eigenvalue weighted by Crippen LogP contribution is -2.23. The second-order valence-electron chi connectivity index (χ2n) is 2.54. The Hall–Kier alpha value is -0.870. The van der Waals surface area contributed by atoms with Crippen LogP contribution in [0.1, 0.15) is 20.3 Å². The Labute approximate surface area is 88.2 Å². The molecule has 0 N–H and O–H groups in total. The van der Waals surface area contributed by atoms with Crippen molar-refractivity contribution in [2.24, 2.45) is 0 Å². The first-order valence-corrected chi connectivity index (χ1v) is 5.56. The first-order chi connectivity index (χ1) is 6.67. The Kier molecular flexibility index (Phi) is 7.06. The summed E-state index contributed by atoms with van der Waals surface area (Å²) in [6, 6.07) is 0. The molecule has 0 saturated carbocycles. The number of nitrogens with zero attached hydrogens (tertiary/aromatic N) is 1. The highest BCUT2D eigenvalue weighted by atomic mass is 32.2. The van der Waals surface area contributed by atoms with Crippen LogP contribution in [0.25, 0.3) is 0 Å². The molecule has 0 fully saturated rings. The minimum Gasteiger partial charge on any atom is -0.755 e. The van der Waals surface area contributed by atoms with E-state index in [2.05, 4.69) is 6.58 Å². The summed E-state index contributed by atoms with van der Waals surface area (Å²) < 4.78 is 23.0. The van der Waals surface area contributed by atoms with E-state index in [0.717, 1.165) is 6.42 Å². The third-order valence-corrected chi connectivity index (χ3v) is 2.40. The molecule has 0 heterocycles. The van der Waals surface area contributed by atoms with Crippen molar-refractivity contribution in [1.29, 1.82) is 0 Å². The molecule has 1 atom stereocenters. The summed E-state index contributed by atoms with van der Waals surface area (Å²) in [5.41, 5.74) is 0.684. The fraction of sp³-hybridized carbons (Fsp3) is 0.400. The highest BCUT2D eigenvalue weighted by Gasteiger charge is 2.03. The highest BCUT2D eigenvalue weighted by molar-refractivity contribution is 7.76. The van der Waals surface area contributed by atoms with Gasteiger partial charge in [0.05, 0.1) is 0 Å². The number of likely N-dealkylation sites (N-methyl/N-ethyl adjacent to an activating group) is 1. The molecule has 0 aromatic rings. The predicted octanol–water partition coefficient (Wildman–Crippen LogP) is 2.14. The largest absolute Gasteiger partial charge is 0.755 e. The van der Waals surface area contributed by atoms with E-state index in [4.69, 9.17) is 0 Å². The van der Waals surface area contributed by atoms with E-state index in [1.54, 1.807) is 25.2 Å². The first-order valence-electron chi connectivity index (χ1n) is 4.53. The van der Waals surface area contributed by atoms with E-state index in [1.807, 2.05) is 13.0 Å². The Morgan fingerprint density at radius 3 is 2.57 bits per heavy atom. The summed E-state index contributed by atoms with van der Waals surface area (Å²) in [6.07, 6.45) is 7.72. The molecule has 0 amide bonds. The van der Waals surface area contributed by atoms with Gasteiger partial charge in [-0.25, -0.2) is 0 Å². The summed E-state index contributed by atoms with van der Waals surface area (Å²) >= 11 is -2.21. The molecule has 1 unspecified atom stereocenters. The lowest BCUT2D eigenvalue weighted by molar-refractivity contribution is 0.454. The van der Waals surface area contributed by atoms with E-state index in [1.165, 1.54) is 4.31 Å². The van der Waals surface area contributed by atoms with Gasteiger partial charge >= 0.3 is 0 Å². The van der Waals surface area contributed by atoms with Crippen LogP contribution in [0.2, 0.25) is 0 Å². The van der Waals surface area contributed by atoms with Gasteiger partial charge in [0.15, 0.2) is 0 Å². The molecule has 80 valence electrons. The van der Waals surface area contributed by atoms with E-state index in [-0.39, 0.29) is 0 Å². The van der Waals surface area contributed by atoms with E-state index < -0.39 is 11.3 Å². The van der Waals surface area contributed by atoms with Gasteiger partial charge in [0, 0.05) is 23.5 Å². The molecule has 4 heteroatoms. The quantitative estimate of drug-likeness (QED) is 0.502. The van der Waals surface area contributed by atoms with Gasteiger partial charge in [-0.05, 0) is 19.4 Å². The van der Waals surface area contributed by atoms with Gasteiger partial charge in [0.1, 0.15) is 0 Å². The van der Waals surface area contributed by atoms with Gasteiger partial charge in [-0.2, -0.15) is 0 Å². The van der Waals surface area contributed by atoms with E-state index >= 15 is 0 Å². The van der Waals surface area contributed by atoms with Crippen LogP contribution in [-0.4, -0.2) is 19.6 Å². The van der Waals surface area contributed by atoms with Crippen LogP contribution < -0.4 is 0 Å². The zero-order valence-electron chi connectivity index (χ0n) is 8.60. The topological polar surface area (TPSA) is 43.4 Å². The van der Waals surface area contributed by atoms with Crippen molar-refractivity contribution in [2.75, 3.05) is 6.54 Å². The normalized spacial score (nSPS) is 14.4. The smallest absolute Gasteiger partial charge is 0.0474 e. The number of allylic oxidation sites excluding steroid dienone is 4. The molecule has 0 bridgehead atoms. The standard InChI is InChI=1S/C10H17NO2S/c1-4-7-9-10(8-5-2)11(6-3)14(12)13/h4,7-9H,1,5-6H2,2-3H3,(H,12,13)/p-1/b9-7-,10-8+. The third kappa shape index (κ3) is 4.39. The summed E-state index contributed by atoms with van der Waals surface area (Å²) in [5.74, 6) is 0. The van der Waals surface area contributed by atoms with Crippen LogP contribution in [0.3, 0.4) is 0 Å². The van der Waals surface area contributed by atoms with Crippen molar-refractivity contribution >= 4 is 11.3 Å². The average molecular weight is 214 g/mol. The zero-order chi connectivity index (χ0) is 11.0. The van der Waals surface area contributed by atoms with Crippen LogP contribution >= 0.6 is 0 Å². The molecule has 3 nitrogen and oxygen atoms in total. The number of rotatable bonds is 6. The first kappa shape index (κ1) is 13.1. The zero-order valence-corrected chi connectivity index (χ0v) is 9.42. The molecule has 0 aliphatic heterocycles. The lowest BCUT2D eigenvalue weighted by Gasteiger charge is -2.25. The maximum atomic E-state index is 10.8. The molecule has 0 rings (SSSR count). The van der Waals surface area contributed by atoms with Crippen molar-refractivity contribution in [1.82, 2.24) is 4.31 Å². The summed E-state index contributed by atoms with van der Waals surface area (Å²) in [5, 5.41) is 0. The van der Waals surface area contributed by atoms with Crippen molar-refractivity contribution in [3.05, 3.63) is 36.6 Å². The average Bonchev–Trinajstić information content (AvgIpc) is 2.14. The molecule has 0 saturated heterocycles. The predicted molar refractivity (Wildman–Crippen MR) is 59.0 cm³/mol. The van der Waals surface area contributed by atoms with Gasteiger partial charge in [0.25, 0.3) is 0 Å². The van der Waals surface area contributed by atoms with Crippen molar-refractivity contribution in [3.8, 4) is 0 Å². The molecule has 0 aliphatic carbocycles. The molecule has 0 aliphatic rings. The second-order valence-corrected chi connectivity index (χ2v) is 3.42. The van der Waals surface area contributed by atoms with Gasteiger partial charge in [-0.3, -0.25) is 4.21 Å². The lowest BCUT2D eigenvalue weighted by atomic mass is 10.3. The van der Waals surface area contributed by atoms with E-state index in [0.29, 0.717) is 12.2 Å². The third-order valence-electron chi connectivity index (χ3n) is 1.57. The molecule has 0 spiro atoms. The molecule has 0 aromatic heterocycles. The Balaban J connectivity index is 4.78. The number of hydrogen-bond donors (Lipinski definition) is 0. The minimum atomic E-state index is -2.21. The van der Waals surface area contributed by atoms with Crippen molar-refractivity contribution in [3.63, 3.8) is 0 Å². The minimum absolute atomic E-state index is 0.434. The van der Waals surface area contributed by atoms with Crippen molar-refractivity contribution in [2.45, 2.75) is 20.3 Å². The molecular weight excluding hydrogens is 198 g/mol. The second kappa shape index (κ2) is 7.53. The maximum Gasteiger partial charge on any atom is 0.0474 e. The van der Waals surface area contributed by atoms with Crippen LogP contribution in [0, 0.1) is 0 Å². The van der Waals surface area contributed by atoms with Gasteiger partial charge in [0.2, 0.25) is 0 Å². The van der Waals surface area contributed by atoms with Gasteiger partial charge < -0.3 is 8.86 Å². The summed E-state index contributed by atoms with van der Waals surface area (Å²) in [6.45, 7) is 7.72. The van der Waals surface area contributed by atoms with Gasteiger partial charge in [-0.15, -0.1) is 0 Å². The molecule has 0 aromatic carbocycles. The Bertz CT molecular complexity index is 259. The molecule has 0 radical (unpaired) electrons.